The molecule has 8 heteroatoms. The van der Waals surface area contributed by atoms with E-state index in [9.17, 15) is 24.3 Å². The first kappa shape index (κ1) is 18.4. The topological polar surface area (TPSA) is 116 Å². The Morgan fingerprint density at radius 3 is 2.65 bits per heavy atom. The Hall–Kier alpha value is -2.38. The van der Waals surface area contributed by atoms with Gasteiger partial charge in [0.2, 0.25) is 0 Å². The highest BCUT2D eigenvalue weighted by Crippen LogP contribution is 2.58. The number of aliphatic carboxylic acids is 1. The SMILES string of the molecule is C=C(C)C(=O)OCCCCC(=O)OC1C2CC3C1OC(=O)C3C2C(=O)O. The number of carboxylic acid groups (broad SMARTS) is 1. The van der Waals surface area contributed by atoms with Crippen molar-refractivity contribution < 1.29 is 38.5 Å². The van der Waals surface area contributed by atoms with Gasteiger partial charge in [0.15, 0.2) is 0 Å². The molecule has 0 amide bonds. The maximum atomic E-state index is 12.1. The molecule has 6 unspecified atom stereocenters. The first-order valence-electron chi connectivity index (χ1n) is 8.76. The lowest BCUT2D eigenvalue weighted by Gasteiger charge is -2.29. The van der Waals surface area contributed by atoms with Gasteiger partial charge in [-0.1, -0.05) is 6.58 Å². The van der Waals surface area contributed by atoms with E-state index in [2.05, 4.69) is 6.58 Å². The van der Waals surface area contributed by atoms with Crippen LogP contribution < -0.4 is 0 Å². The molecule has 0 aromatic carbocycles. The van der Waals surface area contributed by atoms with Crippen molar-refractivity contribution in [2.75, 3.05) is 6.61 Å². The van der Waals surface area contributed by atoms with Crippen molar-refractivity contribution >= 4 is 23.9 Å². The van der Waals surface area contributed by atoms with Crippen LogP contribution in [-0.2, 0) is 33.4 Å². The molecule has 3 aliphatic rings. The fourth-order valence-electron chi connectivity index (χ4n) is 4.35. The van der Waals surface area contributed by atoms with E-state index in [4.69, 9.17) is 14.2 Å². The number of carbonyl (C=O) groups excluding carboxylic acids is 3. The zero-order valence-corrected chi connectivity index (χ0v) is 14.5. The fourth-order valence-corrected chi connectivity index (χ4v) is 4.35. The predicted octanol–water partition coefficient (Wildman–Crippen LogP) is 1.08. The standard InChI is InChI=1S/C18H22O8/c1-8(2)17(22)24-6-4-3-5-11(19)25-14-9-7-10-13(12(9)16(20)21)18(23)26-15(10)14/h9-10,12-15H,1,3-7H2,2H3,(H,20,21). The largest absolute Gasteiger partial charge is 0.481 e. The Balaban J connectivity index is 1.47. The third-order valence-electron chi connectivity index (χ3n) is 5.46. The van der Waals surface area contributed by atoms with E-state index in [0.29, 0.717) is 24.8 Å². The molecule has 0 radical (unpaired) electrons. The average molecular weight is 366 g/mol. The normalized spacial score (nSPS) is 33.7. The Labute approximate surface area is 150 Å². The number of fused-ring (bicyclic) bond motifs is 1. The molecule has 26 heavy (non-hydrogen) atoms. The molecular formula is C18H22O8. The van der Waals surface area contributed by atoms with Gasteiger partial charge in [-0.05, 0) is 26.2 Å². The minimum atomic E-state index is -1.04. The molecule has 1 heterocycles. The van der Waals surface area contributed by atoms with Crippen LogP contribution in [0.4, 0.5) is 0 Å². The summed E-state index contributed by atoms with van der Waals surface area (Å²) in [5.41, 5.74) is 0.318. The molecule has 6 atom stereocenters. The molecule has 1 N–H and O–H groups in total. The lowest BCUT2D eigenvalue weighted by Crippen LogP contribution is -2.43. The number of rotatable bonds is 8. The Morgan fingerprint density at radius 2 is 2.00 bits per heavy atom. The zero-order chi connectivity index (χ0) is 19.0. The van der Waals surface area contributed by atoms with Gasteiger partial charge >= 0.3 is 23.9 Å². The number of ether oxygens (including phenoxy) is 3. The van der Waals surface area contributed by atoms with Crippen LogP contribution in [0.1, 0.15) is 32.6 Å². The van der Waals surface area contributed by atoms with Gasteiger partial charge < -0.3 is 19.3 Å². The van der Waals surface area contributed by atoms with E-state index < -0.39 is 47.9 Å². The number of hydrogen-bond acceptors (Lipinski definition) is 7. The van der Waals surface area contributed by atoms with Crippen LogP contribution in [0.5, 0.6) is 0 Å². The number of esters is 3. The summed E-state index contributed by atoms with van der Waals surface area (Å²) in [4.78, 5) is 46.7. The molecule has 3 rings (SSSR count). The van der Waals surface area contributed by atoms with E-state index in [-0.39, 0.29) is 24.9 Å². The van der Waals surface area contributed by atoms with Crippen LogP contribution in [0.3, 0.4) is 0 Å². The second kappa shape index (κ2) is 7.09. The summed E-state index contributed by atoms with van der Waals surface area (Å²) in [6, 6.07) is 0. The highest BCUT2D eigenvalue weighted by molar-refractivity contribution is 5.87. The van der Waals surface area contributed by atoms with Crippen LogP contribution >= 0.6 is 0 Å². The van der Waals surface area contributed by atoms with Gasteiger partial charge in [-0.25, -0.2) is 4.79 Å². The van der Waals surface area contributed by atoms with Crippen LogP contribution in [0.25, 0.3) is 0 Å². The summed E-state index contributed by atoms with van der Waals surface area (Å²) in [5.74, 6) is -4.46. The molecule has 1 aliphatic heterocycles. The number of hydrogen-bond donors (Lipinski definition) is 1. The van der Waals surface area contributed by atoms with E-state index in [1.807, 2.05) is 0 Å². The summed E-state index contributed by atoms with van der Waals surface area (Å²) in [7, 11) is 0. The summed E-state index contributed by atoms with van der Waals surface area (Å²) in [5, 5.41) is 9.41. The van der Waals surface area contributed by atoms with Gasteiger partial charge in [0.1, 0.15) is 12.2 Å². The van der Waals surface area contributed by atoms with Crippen molar-refractivity contribution in [3.8, 4) is 0 Å². The Bertz CT molecular complexity index is 654. The first-order chi connectivity index (χ1) is 12.3. The molecule has 142 valence electrons. The summed E-state index contributed by atoms with van der Waals surface area (Å²) >= 11 is 0. The van der Waals surface area contributed by atoms with Crippen LogP contribution in [-0.4, -0.2) is 47.8 Å². The fraction of sp³-hybridized carbons (Fsp3) is 0.667. The second-order valence-electron chi connectivity index (χ2n) is 7.18. The summed E-state index contributed by atoms with van der Waals surface area (Å²) < 4.78 is 15.7. The van der Waals surface area contributed by atoms with Crippen molar-refractivity contribution in [1.29, 1.82) is 0 Å². The molecule has 0 aromatic rings. The lowest BCUT2D eigenvalue weighted by molar-refractivity contribution is -0.164. The second-order valence-corrected chi connectivity index (χ2v) is 7.18. The zero-order valence-electron chi connectivity index (χ0n) is 14.5. The van der Waals surface area contributed by atoms with E-state index in [0.717, 1.165) is 0 Å². The van der Waals surface area contributed by atoms with Gasteiger partial charge in [-0.15, -0.1) is 0 Å². The third-order valence-corrected chi connectivity index (χ3v) is 5.46. The Kier molecular flexibility index (Phi) is 5.02. The molecule has 2 bridgehead atoms. The van der Waals surface area contributed by atoms with Gasteiger partial charge in [-0.3, -0.25) is 14.4 Å². The molecule has 0 spiro atoms. The monoisotopic (exact) mass is 366 g/mol. The number of unbranched alkanes of at least 4 members (excludes halogenated alkanes) is 1. The smallest absolute Gasteiger partial charge is 0.333 e. The lowest BCUT2D eigenvalue weighted by atomic mass is 9.78. The van der Waals surface area contributed by atoms with E-state index in [1.54, 1.807) is 6.92 Å². The minimum absolute atomic E-state index is 0.125. The van der Waals surface area contributed by atoms with Crippen molar-refractivity contribution in [3.05, 3.63) is 12.2 Å². The molecule has 2 aliphatic carbocycles. The van der Waals surface area contributed by atoms with Crippen molar-refractivity contribution in [1.82, 2.24) is 0 Å². The van der Waals surface area contributed by atoms with Crippen LogP contribution in [0, 0.1) is 23.7 Å². The maximum Gasteiger partial charge on any atom is 0.333 e. The number of carbonyl (C=O) groups is 4. The minimum Gasteiger partial charge on any atom is -0.481 e. The molecule has 3 fully saturated rings. The molecule has 8 nitrogen and oxygen atoms in total. The molecule has 1 saturated heterocycles. The maximum absolute atomic E-state index is 12.1. The van der Waals surface area contributed by atoms with Crippen LogP contribution in [0.15, 0.2) is 12.2 Å². The quantitative estimate of drug-likeness (QED) is 0.294. The van der Waals surface area contributed by atoms with Crippen LogP contribution in [0.2, 0.25) is 0 Å². The molecular weight excluding hydrogens is 344 g/mol. The van der Waals surface area contributed by atoms with Crippen molar-refractivity contribution in [2.24, 2.45) is 23.7 Å². The van der Waals surface area contributed by atoms with Crippen molar-refractivity contribution in [2.45, 2.75) is 44.8 Å². The molecule has 0 aromatic heterocycles. The highest BCUT2D eigenvalue weighted by atomic mass is 16.6. The first-order valence-corrected chi connectivity index (χ1v) is 8.76. The molecule has 2 saturated carbocycles. The van der Waals surface area contributed by atoms with Gasteiger partial charge in [0, 0.05) is 23.8 Å². The summed E-state index contributed by atoms with van der Waals surface area (Å²) in [6.45, 7) is 5.22. The van der Waals surface area contributed by atoms with E-state index in [1.165, 1.54) is 0 Å². The van der Waals surface area contributed by atoms with Gasteiger partial charge in [-0.2, -0.15) is 0 Å². The summed E-state index contributed by atoms with van der Waals surface area (Å²) in [6.07, 6.45) is 0.431. The Morgan fingerprint density at radius 1 is 1.27 bits per heavy atom. The third kappa shape index (κ3) is 3.20. The van der Waals surface area contributed by atoms with Gasteiger partial charge in [0.25, 0.3) is 0 Å². The number of carboxylic acids is 1. The highest BCUT2D eigenvalue weighted by Gasteiger charge is 2.69. The average Bonchev–Trinajstić information content (AvgIpc) is 3.17. The predicted molar refractivity (Wildman–Crippen MR) is 85.6 cm³/mol. The van der Waals surface area contributed by atoms with E-state index >= 15 is 0 Å². The van der Waals surface area contributed by atoms with Gasteiger partial charge in [0.05, 0.1) is 18.4 Å². The van der Waals surface area contributed by atoms with Crippen molar-refractivity contribution in [3.63, 3.8) is 0 Å².